The van der Waals surface area contributed by atoms with Gasteiger partial charge in [0.15, 0.2) is 11.6 Å². The second kappa shape index (κ2) is 5.94. The van der Waals surface area contributed by atoms with Crippen molar-refractivity contribution < 1.29 is 13.9 Å². The minimum Gasteiger partial charge on any atom is -0.490 e. The largest absolute Gasteiger partial charge is 0.490 e. The number of H-pyrrole nitrogens is 1. The summed E-state index contributed by atoms with van der Waals surface area (Å²) in [4.78, 5) is 15.4. The van der Waals surface area contributed by atoms with E-state index in [4.69, 9.17) is 4.74 Å². The first-order valence-corrected chi connectivity index (χ1v) is 5.71. The summed E-state index contributed by atoms with van der Waals surface area (Å²) in [6.45, 7) is 1.81. The number of benzene rings is 1. The Kier molecular flexibility index (Phi) is 4.07. The zero-order valence-corrected chi connectivity index (χ0v) is 10.3. The maximum absolute atomic E-state index is 13.2. The molecule has 0 bridgehead atoms. The van der Waals surface area contributed by atoms with E-state index in [9.17, 15) is 9.18 Å². The van der Waals surface area contributed by atoms with Crippen LogP contribution in [0, 0.1) is 12.7 Å². The molecule has 1 aromatic heterocycles. The predicted octanol–water partition coefficient (Wildman–Crippen LogP) is 1.66. The van der Waals surface area contributed by atoms with Gasteiger partial charge in [-0.05, 0) is 19.1 Å². The van der Waals surface area contributed by atoms with Crippen LogP contribution in [0.25, 0.3) is 0 Å². The monoisotopic (exact) mass is 264 g/mol. The van der Waals surface area contributed by atoms with Gasteiger partial charge in [0.1, 0.15) is 5.82 Å². The number of nitrogens with one attached hydrogen (secondary N) is 2. The standard InChI is InChI=1S/C12H13FN4O2/c1-8-14-12(17-16-8)15-11(18)6-7-19-10-5-3-2-4-9(10)13/h2-5H,6-7H2,1H3,(H2,14,15,16,17,18). The van der Waals surface area contributed by atoms with Crippen molar-refractivity contribution in [3.8, 4) is 5.75 Å². The molecule has 2 aromatic rings. The zero-order chi connectivity index (χ0) is 13.7. The Labute approximate surface area is 109 Å². The molecule has 1 amide bonds. The molecule has 0 radical (unpaired) electrons. The second-order valence-corrected chi connectivity index (χ2v) is 3.82. The molecule has 0 atom stereocenters. The van der Waals surface area contributed by atoms with Gasteiger partial charge in [-0.25, -0.2) is 4.39 Å². The van der Waals surface area contributed by atoms with Gasteiger partial charge in [-0.1, -0.05) is 12.1 Å². The van der Waals surface area contributed by atoms with E-state index in [1.165, 1.54) is 12.1 Å². The Bertz CT molecular complexity index is 570. The summed E-state index contributed by atoms with van der Waals surface area (Å²) in [5.74, 6) is 0.207. The Morgan fingerprint density at radius 3 is 2.95 bits per heavy atom. The maximum Gasteiger partial charge on any atom is 0.248 e. The van der Waals surface area contributed by atoms with Crippen molar-refractivity contribution in [3.05, 3.63) is 35.9 Å². The minimum atomic E-state index is -0.451. The molecule has 6 nitrogen and oxygen atoms in total. The molecule has 100 valence electrons. The third-order valence-corrected chi connectivity index (χ3v) is 2.27. The van der Waals surface area contributed by atoms with Gasteiger partial charge in [0.2, 0.25) is 11.9 Å². The van der Waals surface area contributed by atoms with E-state index < -0.39 is 5.82 Å². The second-order valence-electron chi connectivity index (χ2n) is 3.82. The summed E-state index contributed by atoms with van der Waals surface area (Å²) in [7, 11) is 0. The molecule has 2 N–H and O–H groups in total. The molecule has 0 aliphatic rings. The molecule has 1 aromatic carbocycles. The fourth-order valence-corrected chi connectivity index (χ4v) is 1.40. The summed E-state index contributed by atoms with van der Waals surface area (Å²) < 4.78 is 18.4. The highest BCUT2D eigenvalue weighted by atomic mass is 19.1. The third kappa shape index (κ3) is 3.77. The number of carbonyl (C=O) groups excluding carboxylic acids is 1. The molecule has 0 saturated heterocycles. The summed E-state index contributed by atoms with van der Waals surface area (Å²) in [5.41, 5.74) is 0. The minimum absolute atomic E-state index is 0.0795. The van der Waals surface area contributed by atoms with Gasteiger partial charge in [-0.3, -0.25) is 15.2 Å². The van der Waals surface area contributed by atoms with Crippen molar-refractivity contribution >= 4 is 11.9 Å². The summed E-state index contributed by atoms with van der Waals surface area (Å²) >= 11 is 0. The van der Waals surface area contributed by atoms with E-state index in [0.29, 0.717) is 5.82 Å². The Morgan fingerprint density at radius 2 is 2.26 bits per heavy atom. The SMILES string of the molecule is Cc1nc(NC(=O)CCOc2ccccc2F)n[nH]1. The first-order chi connectivity index (χ1) is 9.15. The van der Waals surface area contributed by atoms with Crippen LogP contribution in [0.15, 0.2) is 24.3 Å². The number of para-hydroxylation sites is 1. The quantitative estimate of drug-likeness (QED) is 0.860. The van der Waals surface area contributed by atoms with Crippen molar-refractivity contribution in [1.82, 2.24) is 15.2 Å². The number of aromatic amines is 1. The zero-order valence-electron chi connectivity index (χ0n) is 10.3. The first kappa shape index (κ1) is 13.0. The molecule has 2 rings (SSSR count). The topological polar surface area (TPSA) is 79.9 Å². The van der Waals surface area contributed by atoms with Crippen LogP contribution in [-0.2, 0) is 4.79 Å². The van der Waals surface area contributed by atoms with E-state index in [-0.39, 0.29) is 30.6 Å². The molecule has 7 heteroatoms. The van der Waals surface area contributed by atoms with Gasteiger partial charge >= 0.3 is 0 Å². The van der Waals surface area contributed by atoms with Crippen molar-refractivity contribution in [1.29, 1.82) is 0 Å². The van der Waals surface area contributed by atoms with Crippen LogP contribution in [0.3, 0.4) is 0 Å². The summed E-state index contributed by atoms with van der Waals surface area (Å²) in [6, 6.07) is 6.03. The molecule has 19 heavy (non-hydrogen) atoms. The smallest absolute Gasteiger partial charge is 0.248 e. The maximum atomic E-state index is 13.2. The van der Waals surface area contributed by atoms with E-state index >= 15 is 0 Å². The molecule has 0 spiro atoms. The molecule has 0 aliphatic heterocycles. The Balaban J connectivity index is 1.77. The summed E-state index contributed by atoms with van der Waals surface area (Å²) in [5, 5.41) is 8.87. The lowest BCUT2D eigenvalue weighted by Gasteiger charge is -2.06. The highest BCUT2D eigenvalue weighted by molar-refractivity contribution is 5.88. The molecule has 0 fully saturated rings. The van der Waals surface area contributed by atoms with Gasteiger partial charge in [-0.2, -0.15) is 4.98 Å². The average Bonchev–Trinajstić information content (AvgIpc) is 2.77. The number of rotatable bonds is 5. The predicted molar refractivity (Wildman–Crippen MR) is 66.3 cm³/mol. The number of hydrogen-bond acceptors (Lipinski definition) is 4. The molecule has 0 unspecified atom stereocenters. The number of ether oxygens (including phenoxy) is 1. The van der Waals surface area contributed by atoms with Crippen LogP contribution in [0.2, 0.25) is 0 Å². The lowest BCUT2D eigenvalue weighted by Crippen LogP contribution is -2.16. The number of hydrogen-bond donors (Lipinski definition) is 2. The van der Waals surface area contributed by atoms with Crippen LogP contribution in [0.1, 0.15) is 12.2 Å². The van der Waals surface area contributed by atoms with E-state index in [2.05, 4.69) is 20.5 Å². The van der Waals surface area contributed by atoms with Crippen LogP contribution in [-0.4, -0.2) is 27.7 Å². The number of aromatic nitrogens is 3. The highest BCUT2D eigenvalue weighted by Crippen LogP contribution is 2.15. The molecular formula is C12H13FN4O2. The number of nitrogens with zero attached hydrogens (tertiary/aromatic N) is 2. The lowest BCUT2D eigenvalue weighted by atomic mass is 10.3. The van der Waals surface area contributed by atoms with Gasteiger partial charge < -0.3 is 4.74 Å². The van der Waals surface area contributed by atoms with Crippen molar-refractivity contribution in [3.63, 3.8) is 0 Å². The van der Waals surface area contributed by atoms with Gasteiger partial charge in [-0.15, -0.1) is 5.10 Å². The van der Waals surface area contributed by atoms with E-state index in [1.807, 2.05) is 0 Å². The lowest BCUT2D eigenvalue weighted by molar-refractivity contribution is -0.116. The third-order valence-electron chi connectivity index (χ3n) is 2.27. The summed E-state index contributed by atoms with van der Waals surface area (Å²) in [6.07, 6.45) is 0.0852. The number of aryl methyl sites for hydroxylation is 1. The van der Waals surface area contributed by atoms with Gasteiger partial charge in [0.05, 0.1) is 13.0 Å². The molecule has 0 aliphatic carbocycles. The van der Waals surface area contributed by atoms with E-state index in [0.717, 1.165) is 0 Å². The number of halogens is 1. The van der Waals surface area contributed by atoms with Crippen molar-refractivity contribution in [2.45, 2.75) is 13.3 Å². The highest BCUT2D eigenvalue weighted by Gasteiger charge is 2.07. The van der Waals surface area contributed by atoms with Gasteiger partial charge in [0.25, 0.3) is 0 Å². The first-order valence-electron chi connectivity index (χ1n) is 5.71. The van der Waals surface area contributed by atoms with Crippen LogP contribution < -0.4 is 10.1 Å². The van der Waals surface area contributed by atoms with Crippen LogP contribution in [0.5, 0.6) is 5.75 Å². The molecule has 1 heterocycles. The van der Waals surface area contributed by atoms with Crippen LogP contribution >= 0.6 is 0 Å². The van der Waals surface area contributed by atoms with Crippen molar-refractivity contribution in [2.75, 3.05) is 11.9 Å². The molecular weight excluding hydrogens is 251 g/mol. The van der Waals surface area contributed by atoms with E-state index in [1.54, 1.807) is 19.1 Å². The van der Waals surface area contributed by atoms with Crippen LogP contribution in [0.4, 0.5) is 10.3 Å². The number of carbonyl (C=O) groups is 1. The Morgan fingerprint density at radius 1 is 1.47 bits per heavy atom. The number of anilines is 1. The average molecular weight is 264 g/mol. The van der Waals surface area contributed by atoms with Gasteiger partial charge in [0, 0.05) is 0 Å². The van der Waals surface area contributed by atoms with Crippen molar-refractivity contribution in [2.24, 2.45) is 0 Å². The molecule has 0 saturated carbocycles. The Hall–Kier alpha value is -2.44. The fraction of sp³-hybridized carbons (Fsp3) is 0.250. The number of amides is 1. The normalized spacial score (nSPS) is 10.2. The fourth-order valence-electron chi connectivity index (χ4n) is 1.40.